The highest BCUT2D eigenvalue weighted by Gasteiger charge is 2.35. The van der Waals surface area contributed by atoms with E-state index < -0.39 is 20.0 Å². The molecule has 2 aromatic rings. The van der Waals surface area contributed by atoms with E-state index in [4.69, 9.17) is 0 Å². The van der Waals surface area contributed by atoms with Crippen LogP contribution in [0.5, 0.6) is 0 Å². The van der Waals surface area contributed by atoms with Crippen molar-refractivity contribution in [3.8, 4) is 0 Å². The van der Waals surface area contributed by atoms with E-state index in [1.165, 1.54) is 28.8 Å². The highest BCUT2D eigenvalue weighted by Crippen LogP contribution is 2.33. The highest BCUT2D eigenvalue weighted by molar-refractivity contribution is 9.10. The molecule has 2 aromatic carbocycles. The molecule has 0 aliphatic carbocycles. The first-order chi connectivity index (χ1) is 16.0. The zero-order valence-corrected chi connectivity index (χ0v) is 22.4. The van der Waals surface area contributed by atoms with E-state index in [0.29, 0.717) is 38.9 Å². The number of piperidine rings is 1. The molecule has 0 bridgehead atoms. The zero-order valence-electron chi connectivity index (χ0n) is 19.1. The maximum absolute atomic E-state index is 13.3. The van der Waals surface area contributed by atoms with Gasteiger partial charge in [0.2, 0.25) is 26.0 Å². The molecule has 2 aliphatic heterocycles. The number of hydrogen-bond donors (Lipinski definition) is 0. The Kier molecular flexibility index (Phi) is 7.21. The van der Waals surface area contributed by atoms with Crippen LogP contribution in [0.1, 0.15) is 24.0 Å². The van der Waals surface area contributed by atoms with Gasteiger partial charge in [-0.1, -0.05) is 28.1 Å². The monoisotopic (exact) mass is 569 g/mol. The van der Waals surface area contributed by atoms with Crippen LogP contribution in [0, 0.1) is 5.92 Å². The topological polar surface area (TPSA) is 95.1 Å². The molecule has 1 fully saturated rings. The number of nitrogens with zero attached hydrogens (tertiary/aromatic N) is 3. The van der Waals surface area contributed by atoms with E-state index in [1.807, 2.05) is 12.1 Å². The van der Waals surface area contributed by atoms with Gasteiger partial charge >= 0.3 is 0 Å². The summed E-state index contributed by atoms with van der Waals surface area (Å²) in [4.78, 5) is 15.2. The third-order valence-electron chi connectivity index (χ3n) is 6.45. The van der Waals surface area contributed by atoms with E-state index in [1.54, 1.807) is 29.2 Å². The summed E-state index contributed by atoms with van der Waals surface area (Å²) in [6, 6.07) is 12.1. The van der Waals surface area contributed by atoms with Gasteiger partial charge in [-0.05, 0) is 60.7 Å². The molecule has 0 spiro atoms. The van der Waals surface area contributed by atoms with Crippen LogP contribution in [-0.2, 0) is 37.0 Å². The summed E-state index contributed by atoms with van der Waals surface area (Å²) >= 11 is 3.35. The second kappa shape index (κ2) is 9.69. The van der Waals surface area contributed by atoms with E-state index in [0.717, 1.165) is 21.3 Å². The molecular weight excluding hydrogens is 542 g/mol. The summed E-state index contributed by atoms with van der Waals surface area (Å²) in [6.07, 6.45) is 1.53. The van der Waals surface area contributed by atoms with Crippen molar-refractivity contribution in [2.24, 2.45) is 5.92 Å². The van der Waals surface area contributed by atoms with Crippen molar-refractivity contribution in [1.29, 1.82) is 0 Å². The maximum Gasteiger partial charge on any atom is 0.242 e. The molecule has 0 N–H and O–H groups in total. The number of sulfonamides is 2. The Morgan fingerprint density at radius 1 is 1.00 bits per heavy atom. The number of fused-ring (bicyclic) bond motifs is 1. The molecule has 2 heterocycles. The number of benzene rings is 2. The fourth-order valence-corrected chi connectivity index (χ4v) is 7.24. The molecule has 0 unspecified atom stereocenters. The molecule has 0 aromatic heterocycles. The average molecular weight is 571 g/mol. The first-order valence-electron chi connectivity index (χ1n) is 11.1. The minimum atomic E-state index is -3.54. The van der Waals surface area contributed by atoms with Crippen molar-refractivity contribution in [2.45, 2.75) is 29.9 Å². The van der Waals surface area contributed by atoms with E-state index in [-0.39, 0.29) is 22.5 Å². The fourth-order valence-electron chi connectivity index (χ4n) is 4.46. The van der Waals surface area contributed by atoms with Gasteiger partial charge in [0.25, 0.3) is 0 Å². The summed E-state index contributed by atoms with van der Waals surface area (Å²) in [5.74, 6) is -0.335. The number of amides is 1. The summed E-state index contributed by atoms with van der Waals surface area (Å²) in [5.41, 5.74) is 2.31. The molecule has 4 rings (SSSR count). The Balaban J connectivity index is 1.40. The lowest BCUT2D eigenvalue weighted by Crippen LogP contribution is -2.44. The predicted molar refractivity (Wildman–Crippen MR) is 134 cm³/mol. The third kappa shape index (κ3) is 5.08. The Bertz CT molecular complexity index is 1290. The normalized spacial score (nSPS) is 17.8. The molecule has 1 amide bonds. The second-order valence-electron chi connectivity index (χ2n) is 8.87. The number of carbonyl (C=O) groups excluding carboxylic acids is 1. The lowest BCUT2D eigenvalue weighted by molar-refractivity contribution is -0.123. The van der Waals surface area contributed by atoms with E-state index in [9.17, 15) is 21.6 Å². The average Bonchev–Trinajstić information content (AvgIpc) is 3.23. The Labute approximate surface area is 209 Å². The van der Waals surface area contributed by atoms with Gasteiger partial charge in [-0.15, -0.1) is 0 Å². The van der Waals surface area contributed by atoms with Crippen LogP contribution >= 0.6 is 15.9 Å². The first-order valence-corrected chi connectivity index (χ1v) is 14.9. The Morgan fingerprint density at radius 2 is 1.65 bits per heavy atom. The smallest absolute Gasteiger partial charge is 0.242 e. The minimum absolute atomic E-state index is 0.0214. The predicted octanol–water partition coefficient (Wildman–Crippen LogP) is 2.83. The molecule has 8 nitrogen and oxygen atoms in total. The van der Waals surface area contributed by atoms with Gasteiger partial charge < -0.3 is 4.90 Å². The Morgan fingerprint density at radius 3 is 2.26 bits per heavy atom. The van der Waals surface area contributed by atoms with Crippen LogP contribution in [0.4, 0.5) is 5.69 Å². The van der Waals surface area contributed by atoms with Gasteiger partial charge in [0, 0.05) is 49.8 Å². The van der Waals surface area contributed by atoms with E-state index in [2.05, 4.69) is 15.9 Å². The van der Waals surface area contributed by atoms with Crippen molar-refractivity contribution in [2.75, 3.05) is 38.6 Å². The lowest BCUT2D eigenvalue weighted by Gasteiger charge is -2.32. The summed E-state index contributed by atoms with van der Waals surface area (Å²) in [7, 11) is -4.02. The third-order valence-corrected chi connectivity index (χ3v) is 10.6. The molecule has 1 saturated heterocycles. The molecule has 184 valence electrons. The van der Waals surface area contributed by atoms with Crippen LogP contribution in [-0.4, -0.2) is 65.1 Å². The van der Waals surface area contributed by atoms with Crippen molar-refractivity contribution < 1.29 is 21.6 Å². The molecule has 0 atom stereocenters. The molecule has 0 radical (unpaired) electrons. The Hall–Kier alpha value is -1.79. The maximum atomic E-state index is 13.3. The SMILES string of the molecule is CN(C)S(=O)(=O)c1ccc2c(c1)CCN2C(=O)C1CCN(S(=O)(=O)Cc2ccc(Br)cc2)CC1. The number of carbonyl (C=O) groups is 1. The highest BCUT2D eigenvalue weighted by atomic mass is 79.9. The van der Waals surface area contributed by atoms with Gasteiger partial charge in [-0.3, -0.25) is 4.79 Å². The van der Waals surface area contributed by atoms with Gasteiger partial charge in [-0.2, -0.15) is 0 Å². The van der Waals surface area contributed by atoms with Crippen LogP contribution in [0.2, 0.25) is 0 Å². The quantitative estimate of drug-likeness (QED) is 0.533. The standard InChI is InChI=1S/C23H28BrN3O5S2/c1-25(2)34(31,32)21-7-8-22-19(15-21)11-14-27(22)23(28)18-9-12-26(13-10-18)33(29,30)16-17-3-5-20(24)6-4-17/h3-8,15,18H,9-14,16H2,1-2H3. The van der Waals surface area contributed by atoms with E-state index >= 15 is 0 Å². The number of halogens is 1. The number of anilines is 1. The fraction of sp³-hybridized carbons (Fsp3) is 0.435. The number of rotatable bonds is 6. The van der Waals surface area contributed by atoms with Crippen LogP contribution < -0.4 is 4.90 Å². The zero-order chi connectivity index (χ0) is 24.7. The van der Waals surface area contributed by atoms with Gasteiger partial charge in [0.05, 0.1) is 10.6 Å². The minimum Gasteiger partial charge on any atom is -0.312 e. The van der Waals surface area contributed by atoms with Gasteiger partial charge in [0.1, 0.15) is 0 Å². The number of hydrogen-bond acceptors (Lipinski definition) is 5. The van der Waals surface area contributed by atoms with Crippen molar-refractivity contribution in [1.82, 2.24) is 8.61 Å². The second-order valence-corrected chi connectivity index (χ2v) is 13.9. The first kappa shape index (κ1) is 25.3. The summed E-state index contributed by atoms with van der Waals surface area (Å²) < 4.78 is 54.1. The molecule has 2 aliphatic rings. The van der Waals surface area contributed by atoms with Crippen molar-refractivity contribution >= 4 is 47.6 Å². The molecule has 11 heteroatoms. The largest absolute Gasteiger partial charge is 0.312 e. The van der Waals surface area contributed by atoms with Gasteiger partial charge in [-0.25, -0.2) is 25.4 Å². The molecular formula is C23H28BrN3O5S2. The molecule has 34 heavy (non-hydrogen) atoms. The van der Waals surface area contributed by atoms with Crippen LogP contribution in [0.15, 0.2) is 51.8 Å². The van der Waals surface area contributed by atoms with Crippen LogP contribution in [0.25, 0.3) is 0 Å². The van der Waals surface area contributed by atoms with Gasteiger partial charge in [0.15, 0.2) is 0 Å². The molecule has 0 saturated carbocycles. The van der Waals surface area contributed by atoms with Crippen LogP contribution in [0.3, 0.4) is 0 Å². The van der Waals surface area contributed by atoms with Crippen molar-refractivity contribution in [3.05, 3.63) is 58.1 Å². The van der Waals surface area contributed by atoms with Crippen molar-refractivity contribution in [3.63, 3.8) is 0 Å². The lowest BCUT2D eigenvalue weighted by atomic mass is 9.96. The summed E-state index contributed by atoms with van der Waals surface area (Å²) in [5, 5.41) is 0. The summed E-state index contributed by atoms with van der Waals surface area (Å²) in [6.45, 7) is 1.13.